The normalized spacial score (nSPS) is 11.9. The smallest absolute Gasteiger partial charge is 0.191 e. The van der Waals surface area contributed by atoms with Crippen LogP contribution in [0.1, 0.15) is 33.3 Å². The Hall–Kier alpha value is -2.11. The number of guanidine groups is 1. The Balaban J connectivity index is 3.11. The molecule has 6 heteroatoms. The first-order valence-electron chi connectivity index (χ1n) is 7.70. The Labute approximate surface area is 139 Å². The van der Waals surface area contributed by atoms with Gasteiger partial charge in [-0.1, -0.05) is 0 Å². The van der Waals surface area contributed by atoms with Crippen molar-refractivity contribution in [3.05, 3.63) is 17.7 Å². The summed E-state index contributed by atoms with van der Waals surface area (Å²) in [5.41, 5.74) is 0.802. The van der Waals surface area contributed by atoms with Crippen LogP contribution < -0.4 is 24.8 Å². The molecule has 2 N–H and O–H groups in total. The molecule has 0 aliphatic heterocycles. The van der Waals surface area contributed by atoms with Gasteiger partial charge in [0.2, 0.25) is 0 Å². The third kappa shape index (κ3) is 5.88. The summed E-state index contributed by atoms with van der Waals surface area (Å²) in [6.07, 6.45) is 0. The van der Waals surface area contributed by atoms with Crippen molar-refractivity contribution in [3.8, 4) is 17.2 Å². The van der Waals surface area contributed by atoms with E-state index in [0.29, 0.717) is 23.8 Å². The van der Waals surface area contributed by atoms with Crippen molar-refractivity contribution >= 4 is 5.96 Å². The number of aliphatic imine (C=N–C) groups is 1. The third-order valence-corrected chi connectivity index (χ3v) is 3.05. The Morgan fingerprint density at radius 1 is 1.04 bits per heavy atom. The minimum absolute atomic E-state index is 0.0743. The number of hydrogen-bond donors (Lipinski definition) is 2. The zero-order valence-corrected chi connectivity index (χ0v) is 15.2. The fraction of sp³-hybridized carbons (Fsp3) is 0.588. The van der Waals surface area contributed by atoms with E-state index in [4.69, 9.17) is 14.2 Å². The molecule has 1 rings (SSSR count). The van der Waals surface area contributed by atoms with Crippen molar-refractivity contribution < 1.29 is 14.2 Å². The molecule has 0 amide bonds. The predicted molar refractivity (Wildman–Crippen MR) is 93.8 cm³/mol. The molecule has 0 radical (unpaired) electrons. The Morgan fingerprint density at radius 3 is 2.00 bits per heavy atom. The van der Waals surface area contributed by atoms with Crippen LogP contribution in [0.25, 0.3) is 0 Å². The number of nitrogens with one attached hydrogen (secondary N) is 2. The second-order valence-electron chi connectivity index (χ2n) is 6.08. The van der Waals surface area contributed by atoms with Gasteiger partial charge >= 0.3 is 0 Å². The van der Waals surface area contributed by atoms with Gasteiger partial charge < -0.3 is 24.8 Å². The van der Waals surface area contributed by atoms with E-state index in [-0.39, 0.29) is 5.54 Å². The number of methoxy groups -OCH3 is 3. The van der Waals surface area contributed by atoms with Crippen molar-refractivity contribution in [3.63, 3.8) is 0 Å². The minimum Gasteiger partial charge on any atom is -0.496 e. The minimum atomic E-state index is -0.0743. The lowest BCUT2D eigenvalue weighted by Gasteiger charge is -2.24. The van der Waals surface area contributed by atoms with Gasteiger partial charge in [-0.2, -0.15) is 0 Å². The highest BCUT2D eigenvalue weighted by Crippen LogP contribution is 2.34. The Morgan fingerprint density at radius 2 is 1.61 bits per heavy atom. The molecule has 0 unspecified atom stereocenters. The van der Waals surface area contributed by atoms with Crippen molar-refractivity contribution in [1.82, 2.24) is 10.6 Å². The molecule has 0 atom stereocenters. The van der Waals surface area contributed by atoms with Crippen LogP contribution >= 0.6 is 0 Å². The van der Waals surface area contributed by atoms with Crippen LogP contribution in [0.3, 0.4) is 0 Å². The third-order valence-electron chi connectivity index (χ3n) is 3.05. The lowest BCUT2D eigenvalue weighted by molar-refractivity contribution is 0.369. The van der Waals surface area contributed by atoms with Crippen LogP contribution in [0.2, 0.25) is 0 Å². The highest BCUT2D eigenvalue weighted by atomic mass is 16.5. The summed E-state index contributed by atoms with van der Waals surface area (Å²) in [4.78, 5) is 4.64. The number of hydrogen-bond acceptors (Lipinski definition) is 4. The monoisotopic (exact) mass is 323 g/mol. The lowest BCUT2D eigenvalue weighted by atomic mass is 10.1. The van der Waals surface area contributed by atoms with Crippen LogP contribution in [0.15, 0.2) is 17.1 Å². The first-order valence-corrected chi connectivity index (χ1v) is 7.70. The van der Waals surface area contributed by atoms with Gasteiger partial charge in [-0.3, -0.25) is 0 Å². The Bertz CT molecular complexity index is 511. The molecule has 130 valence electrons. The quantitative estimate of drug-likeness (QED) is 0.622. The molecule has 0 aromatic heterocycles. The molecule has 6 nitrogen and oxygen atoms in total. The molecular formula is C17H29N3O3. The van der Waals surface area contributed by atoms with Gasteiger partial charge in [0.05, 0.1) is 33.4 Å². The van der Waals surface area contributed by atoms with Gasteiger partial charge in [0, 0.05) is 24.2 Å². The highest BCUT2D eigenvalue weighted by Gasteiger charge is 2.15. The van der Waals surface area contributed by atoms with Gasteiger partial charge in [0.25, 0.3) is 0 Å². The average Bonchev–Trinajstić information content (AvgIpc) is 2.50. The summed E-state index contributed by atoms with van der Waals surface area (Å²) < 4.78 is 16.2. The maximum absolute atomic E-state index is 5.45. The summed E-state index contributed by atoms with van der Waals surface area (Å²) in [5.74, 6) is 2.82. The summed E-state index contributed by atoms with van der Waals surface area (Å²) in [6.45, 7) is 9.53. The van der Waals surface area contributed by atoms with E-state index >= 15 is 0 Å². The SMILES string of the molecule is CCNC(=NCc1c(OC)cc(OC)cc1OC)NC(C)(C)C. The Kier molecular flexibility index (Phi) is 7.00. The largest absolute Gasteiger partial charge is 0.496 e. The van der Waals surface area contributed by atoms with E-state index in [2.05, 4.69) is 36.4 Å². The van der Waals surface area contributed by atoms with Gasteiger partial charge in [-0.05, 0) is 27.7 Å². The number of nitrogens with zero attached hydrogens (tertiary/aromatic N) is 1. The maximum Gasteiger partial charge on any atom is 0.191 e. The average molecular weight is 323 g/mol. The number of benzene rings is 1. The molecule has 23 heavy (non-hydrogen) atoms. The topological polar surface area (TPSA) is 64.1 Å². The van der Waals surface area contributed by atoms with Crippen molar-refractivity contribution in [2.45, 2.75) is 39.8 Å². The van der Waals surface area contributed by atoms with Crippen LogP contribution in [0.4, 0.5) is 0 Å². The molecular weight excluding hydrogens is 294 g/mol. The van der Waals surface area contributed by atoms with Crippen LogP contribution in [0, 0.1) is 0 Å². The van der Waals surface area contributed by atoms with Gasteiger partial charge in [-0.25, -0.2) is 4.99 Å². The highest BCUT2D eigenvalue weighted by molar-refractivity contribution is 5.80. The van der Waals surface area contributed by atoms with Crippen molar-refractivity contribution in [2.24, 2.45) is 4.99 Å². The standard InChI is InChI=1S/C17H29N3O3/c1-8-18-16(20-17(2,3)4)19-11-13-14(22-6)9-12(21-5)10-15(13)23-7/h9-10H,8,11H2,1-7H3,(H2,18,19,20). The number of ether oxygens (including phenoxy) is 3. The molecule has 0 saturated carbocycles. The van der Waals surface area contributed by atoms with Gasteiger partial charge in [0.15, 0.2) is 5.96 Å². The zero-order valence-electron chi connectivity index (χ0n) is 15.2. The predicted octanol–water partition coefficient (Wildman–Crippen LogP) is 2.57. The molecule has 0 heterocycles. The van der Waals surface area contributed by atoms with Gasteiger partial charge in [0.1, 0.15) is 17.2 Å². The molecule has 0 bridgehead atoms. The summed E-state index contributed by atoms with van der Waals surface area (Å²) >= 11 is 0. The molecule has 0 aliphatic carbocycles. The zero-order chi connectivity index (χ0) is 17.5. The van der Waals surface area contributed by atoms with E-state index in [1.807, 2.05) is 19.1 Å². The fourth-order valence-electron chi connectivity index (χ4n) is 2.05. The second kappa shape index (κ2) is 8.50. The first kappa shape index (κ1) is 18.9. The van der Waals surface area contributed by atoms with E-state index in [0.717, 1.165) is 18.1 Å². The summed E-state index contributed by atoms with van der Waals surface area (Å²) in [6, 6.07) is 3.66. The summed E-state index contributed by atoms with van der Waals surface area (Å²) in [7, 11) is 4.86. The molecule has 0 aliphatic rings. The number of rotatable bonds is 6. The van der Waals surface area contributed by atoms with E-state index in [1.54, 1.807) is 21.3 Å². The molecule has 0 saturated heterocycles. The first-order chi connectivity index (χ1) is 10.8. The van der Waals surface area contributed by atoms with E-state index < -0.39 is 0 Å². The molecule has 1 aromatic rings. The van der Waals surface area contributed by atoms with Gasteiger partial charge in [-0.15, -0.1) is 0 Å². The van der Waals surface area contributed by atoms with Crippen LogP contribution in [0.5, 0.6) is 17.2 Å². The fourth-order valence-corrected chi connectivity index (χ4v) is 2.05. The van der Waals surface area contributed by atoms with Crippen LogP contribution in [-0.4, -0.2) is 39.4 Å². The molecule has 0 fully saturated rings. The second-order valence-corrected chi connectivity index (χ2v) is 6.08. The van der Waals surface area contributed by atoms with Crippen molar-refractivity contribution in [2.75, 3.05) is 27.9 Å². The van der Waals surface area contributed by atoms with Crippen molar-refractivity contribution in [1.29, 1.82) is 0 Å². The summed E-state index contributed by atoms with van der Waals surface area (Å²) in [5, 5.41) is 6.60. The lowest BCUT2D eigenvalue weighted by Crippen LogP contribution is -2.47. The molecule has 0 spiro atoms. The molecule has 1 aromatic carbocycles. The van der Waals surface area contributed by atoms with Crippen LogP contribution in [-0.2, 0) is 6.54 Å². The maximum atomic E-state index is 5.45. The van der Waals surface area contributed by atoms with E-state index in [9.17, 15) is 0 Å². The van der Waals surface area contributed by atoms with E-state index in [1.165, 1.54) is 0 Å².